The second kappa shape index (κ2) is 6.58. The first-order chi connectivity index (χ1) is 12.1. The van der Waals surface area contributed by atoms with Crippen molar-refractivity contribution in [3.63, 3.8) is 0 Å². The Morgan fingerprint density at radius 2 is 1.84 bits per heavy atom. The maximum atomic E-state index is 13.7. The molecule has 1 aromatic heterocycles. The van der Waals surface area contributed by atoms with Crippen LogP contribution in [0.25, 0.3) is 0 Å². The molecule has 2 unspecified atom stereocenters. The molecular weight excluding hydrogens is 319 g/mol. The van der Waals surface area contributed by atoms with Crippen LogP contribution in [0, 0.1) is 12.7 Å². The number of hydrogen-bond acceptors (Lipinski definition) is 3. The smallest absolute Gasteiger partial charge is 0.223 e. The lowest BCUT2D eigenvalue weighted by Gasteiger charge is -2.38. The van der Waals surface area contributed by atoms with Crippen LogP contribution in [-0.2, 0) is 11.2 Å². The number of hydrogen-bond donors (Lipinski definition) is 0. The number of aromatic nitrogens is 3. The van der Waals surface area contributed by atoms with Gasteiger partial charge >= 0.3 is 0 Å². The number of piperidine rings is 1. The lowest BCUT2D eigenvalue weighted by molar-refractivity contribution is -0.136. The van der Waals surface area contributed by atoms with Gasteiger partial charge in [0.1, 0.15) is 5.82 Å². The van der Waals surface area contributed by atoms with Crippen LogP contribution < -0.4 is 0 Å². The quantitative estimate of drug-likeness (QED) is 0.858. The number of rotatable bonds is 4. The van der Waals surface area contributed by atoms with E-state index in [0.29, 0.717) is 24.4 Å². The van der Waals surface area contributed by atoms with Crippen molar-refractivity contribution in [2.45, 2.75) is 63.6 Å². The van der Waals surface area contributed by atoms with Gasteiger partial charge < -0.3 is 4.90 Å². The molecule has 2 aliphatic heterocycles. The van der Waals surface area contributed by atoms with E-state index in [4.69, 9.17) is 0 Å². The number of carbonyl (C=O) groups excluding carboxylic acids is 1. The molecule has 5 nitrogen and oxygen atoms in total. The van der Waals surface area contributed by atoms with Crippen LogP contribution >= 0.6 is 0 Å². The highest BCUT2D eigenvalue weighted by molar-refractivity contribution is 5.77. The zero-order chi connectivity index (χ0) is 17.4. The van der Waals surface area contributed by atoms with Crippen molar-refractivity contribution in [3.8, 4) is 0 Å². The Hall–Kier alpha value is -2.24. The fourth-order valence-corrected chi connectivity index (χ4v) is 4.33. The molecule has 2 bridgehead atoms. The second-order valence-electron chi connectivity index (χ2n) is 7.24. The molecule has 0 saturated carbocycles. The summed E-state index contributed by atoms with van der Waals surface area (Å²) in [5, 5.41) is 8.53. The third kappa shape index (κ3) is 3.17. The highest BCUT2D eigenvalue weighted by Crippen LogP contribution is 2.40. The van der Waals surface area contributed by atoms with Crippen molar-refractivity contribution in [1.29, 1.82) is 0 Å². The van der Waals surface area contributed by atoms with Crippen LogP contribution in [0.1, 0.15) is 49.3 Å². The van der Waals surface area contributed by atoms with Crippen molar-refractivity contribution in [1.82, 2.24) is 19.9 Å². The van der Waals surface area contributed by atoms with Crippen LogP contribution in [0.15, 0.2) is 30.6 Å². The van der Waals surface area contributed by atoms with E-state index in [9.17, 15) is 9.18 Å². The fraction of sp³-hybridized carbons (Fsp3) is 0.526. The maximum Gasteiger partial charge on any atom is 0.223 e. The monoisotopic (exact) mass is 342 g/mol. The first-order valence-corrected chi connectivity index (χ1v) is 9.04. The molecule has 2 aromatic rings. The van der Waals surface area contributed by atoms with Gasteiger partial charge in [-0.3, -0.25) is 4.79 Å². The Kier molecular flexibility index (Phi) is 4.27. The summed E-state index contributed by atoms with van der Waals surface area (Å²) in [6.07, 6.45) is 8.43. The zero-order valence-corrected chi connectivity index (χ0v) is 14.4. The van der Waals surface area contributed by atoms with Crippen LogP contribution in [0.2, 0.25) is 0 Å². The standard InChI is InChI=1S/C19H23FN4O/c1-13-2-3-14(10-18(13)20)4-7-19(25)23-15-5-6-16(23)12-17(11-15)24-21-8-9-22-24/h2-3,8-10,15-17H,4-7,11-12H2,1H3. The van der Waals surface area contributed by atoms with Crippen molar-refractivity contribution >= 4 is 5.91 Å². The molecule has 0 N–H and O–H groups in total. The van der Waals surface area contributed by atoms with E-state index >= 15 is 0 Å². The number of carbonyl (C=O) groups is 1. The average molecular weight is 342 g/mol. The summed E-state index contributed by atoms with van der Waals surface area (Å²) >= 11 is 0. The Balaban J connectivity index is 1.39. The SMILES string of the molecule is Cc1ccc(CCC(=O)N2C3CCC2CC(n2nccn2)C3)cc1F. The topological polar surface area (TPSA) is 51.0 Å². The van der Waals surface area contributed by atoms with E-state index < -0.39 is 0 Å². The molecular formula is C19H23FN4O. The lowest BCUT2D eigenvalue weighted by Crippen LogP contribution is -2.47. The van der Waals surface area contributed by atoms with Gasteiger partial charge in [0.2, 0.25) is 5.91 Å². The summed E-state index contributed by atoms with van der Waals surface area (Å²) in [5.74, 6) is -0.00193. The fourth-order valence-electron chi connectivity index (χ4n) is 4.33. The maximum absolute atomic E-state index is 13.7. The van der Waals surface area contributed by atoms with Crippen LogP contribution in [0.4, 0.5) is 4.39 Å². The summed E-state index contributed by atoms with van der Waals surface area (Å²) in [4.78, 5) is 16.7. The van der Waals surface area contributed by atoms with Gasteiger partial charge in [-0.25, -0.2) is 4.39 Å². The molecule has 3 heterocycles. The zero-order valence-electron chi connectivity index (χ0n) is 14.4. The molecule has 132 valence electrons. The van der Waals surface area contributed by atoms with Crippen molar-refractivity contribution in [2.24, 2.45) is 0 Å². The van der Waals surface area contributed by atoms with E-state index in [1.807, 2.05) is 6.07 Å². The van der Waals surface area contributed by atoms with E-state index in [1.165, 1.54) is 0 Å². The van der Waals surface area contributed by atoms with Gasteiger partial charge in [0.15, 0.2) is 0 Å². The molecule has 2 saturated heterocycles. The summed E-state index contributed by atoms with van der Waals surface area (Å²) < 4.78 is 13.7. The predicted molar refractivity (Wildman–Crippen MR) is 91.4 cm³/mol. The van der Waals surface area contributed by atoms with Crippen molar-refractivity contribution < 1.29 is 9.18 Å². The number of aryl methyl sites for hydroxylation is 2. The molecule has 1 amide bonds. The van der Waals surface area contributed by atoms with E-state index in [2.05, 4.69) is 15.1 Å². The summed E-state index contributed by atoms with van der Waals surface area (Å²) in [6, 6.07) is 6.11. The molecule has 0 radical (unpaired) electrons. The Labute approximate surface area is 146 Å². The van der Waals surface area contributed by atoms with Crippen LogP contribution in [0.3, 0.4) is 0 Å². The summed E-state index contributed by atoms with van der Waals surface area (Å²) in [7, 11) is 0. The Bertz CT molecular complexity index is 747. The molecule has 2 aliphatic rings. The molecule has 2 fully saturated rings. The minimum absolute atomic E-state index is 0.195. The van der Waals surface area contributed by atoms with Gasteiger partial charge in [-0.1, -0.05) is 12.1 Å². The van der Waals surface area contributed by atoms with E-state index in [1.54, 1.807) is 36.2 Å². The predicted octanol–water partition coefficient (Wildman–Crippen LogP) is 3.05. The number of fused-ring (bicyclic) bond motifs is 2. The normalized spacial score (nSPS) is 25.4. The van der Waals surface area contributed by atoms with Crippen molar-refractivity contribution in [3.05, 3.63) is 47.5 Å². The average Bonchev–Trinajstić information content (AvgIpc) is 3.22. The van der Waals surface area contributed by atoms with Gasteiger partial charge in [0.05, 0.1) is 18.4 Å². The molecule has 6 heteroatoms. The first kappa shape index (κ1) is 16.2. The Morgan fingerprint density at radius 1 is 1.16 bits per heavy atom. The molecule has 4 rings (SSSR count). The second-order valence-corrected chi connectivity index (χ2v) is 7.24. The molecule has 0 spiro atoms. The van der Waals surface area contributed by atoms with Gasteiger partial charge in [-0.05, 0) is 56.2 Å². The van der Waals surface area contributed by atoms with E-state index in [-0.39, 0.29) is 23.8 Å². The largest absolute Gasteiger partial charge is 0.337 e. The lowest BCUT2D eigenvalue weighted by atomic mass is 9.96. The third-order valence-corrected chi connectivity index (χ3v) is 5.62. The van der Waals surface area contributed by atoms with Crippen molar-refractivity contribution in [2.75, 3.05) is 0 Å². The summed E-state index contributed by atoms with van der Waals surface area (Å²) in [5.41, 5.74) is 1.53. The van der Waals surface area contributed by atoms with Gasteiger partial charge in [0, 0.05) is 18.5 Å². The summed E-state index contributed by atoms with van der Waals surface area (Å²) in [6.45, 7) is 1.75. The number of benzene rings is 1. The molecule has 25 heavy (non-hydrogen) atoms. The minimum atomic E-state index is -0.197. The molecule has 0 aliphatic carbocycles. The van der Waals surface area contributed by atoms with Crippen LogP contribution in [-0.4, -0.2) is 37.9 Å². The number of halogens is 1. The number of nitrogens with zero attached hydrogens (tertiary/aromatic N) is 4. The first-order valence-electron chi connectivity index (χ1n) is 9.04. The van der Waals surface area contributed by atoms with Gasteiger partial charge in [0.25, 0.3) is 0 Å². The highest BCUT2D eigenvalue weighted by atomic mass is 19.1. The molecule has 2 atom stereocenters. The minimum Gasteiger partial charge on any atom is -0.337 e. The van der Waals surface area contributed by atoms with E-state index in [0.717, 1.165) is 31.2 Å². The third-order valence-electron chi connectivity index (χ3n) is 5.62. The van der Waals surface area contributed by atoms with Gasteiger partial charge in [-0.15, -0.1) is 0 Å². The Morgan fingerprint density at radius 3 is 2.48 bits per heavy atom. The van der Waals surface area contributed by atoms with Gasteiger partial charge in [-0.2, -0.15) is 15.0 Å². The van der Waals surface area contributed by atoms with Crippen LogP contribution in [0.5, 0.6) is 0 Å². The molecule has 1 aromatic carbocycles. The highest BCUT2D eigenvalue weighted by Gasteiger charge is 2.43. The number of amides is 1.